The van der Waals surface area contributed by atoms with Gasteiger partial charge in [-0.1, -0.05) is 27.7 Å². The fourth-order valence-electron chi connectivity index (χ4n) is 2.51. The number of nitrogens with one attached hydrogen (secondary N) is 3. The molecule has 5 unspecified atom stereocenters. The molecule has 0 heterocycles. The number of carbonyl (C=O) groups excluding carboxylic acids is 3. The minimum Gasteiger partial charge on any atom is -0.480 e. The molecule has 0 saturated carbocycles. The third kappa shape index (κ3) is 9.20. The van der Waals surface area contributed by atoms with Crippen molar-refractivity contribution in [1.29, 1.82) is 0 Å². The molecule has 0 spiro atoms. The van der Waals surface area contributed by atoms with Crippen LogP contribution in [0.1, 0.15) is 41.0 Å². The first kappa shape index (κ1) is 26.8. The van der Waals surface area contributed by atoms with E-state index >= 15 is 0 Å². The second-order valence-electron chi connectivity index (χ2n) is 7.78. The minimum atomic E-state index is -1.59. The zero-order valence-electron chi connectivity index (χ0n) is 17.5. The summed E-state index contributed by atoms with van der Waals surface area (Å²) in [5.74, 6) is -3.88. The van der Waals surface area contributed by atoms with Crippen LogP contribution < -0.4 is 21.7 Å². The first-order valence-corrected chi connectivity index (χ1v) is 9.50. The van der Waals surface area contributed by atoms with Crippen molar-refractivity contribution < 1.29 is 34.5 Å². The summed E-state index contributed by atoms with van der Waals surface area (Å²) in [7, 11) is 0. The first-order valence-electron chi connectivity index (χ1n) is 9.50. The van der Waals surface area contributed by atoms with Gasteiger partial charge in [-0.15, -0.1) is 0 Å². The summed E-state index contributed by atoms with van der Waals surface area (Å²) < 4.78 is 0. The fraction of sp³-hybridized carbons (Fsp3) is 0.778. The Labute approximate surface area is 170 Å². The van der Waals surface area contributed by atoms with E-state index in [1.165, 1.54) is 6.92 Å². The molecule has 0 fully saturated rings. The van der Waals surface area contributed by atoms with Crippen LogP contribution in [-0.4, -0.2) is 75.9 Å². The van der Waals surface area contributed by atoms with Crippen molar-refractivity contribution in [2.45, 2.75) is 71.3 Å². The second-order valence-corrected chi connectivity index (χ2v) is 7.78. The van der Waals surface area contributed by atoms with E-state index in [0.29, 0.717) is 6.42 Å². The number of hydrogen-bond acceptors (Lipinski definition) is 7. The molecule has 0 radical (unpaired) electrons. The Kier molecular flexibility index (Phi) is 11.4. The van der Waals surface area contributed by atoms with Crippen LogP contribution in [0.3, 0.4) is 0 Å². The molecule has 11 heteroatoms. The zero-order valence-corrected chi connectivity index (χ0v) is 17.5. The molecule has 29 heavy (non-hydrogen) atoms. The van der Waals surface area contributed by atoms with Crippen molar-refractivity contribution >= 4 is 23.7 Å². The summed E-state index contributed by atoms with van der Waals surface area (Å²) in [5, 5.41) is 34.7. The molecule has 0 bridgehead atoms. The zero-order chi connectivity index (χ0) is 22.9. The van der Waals surface area contributed by atoms with Crippen molar-refractivity contribution in [3.8, 4) is 0 Å². The van der Waals surface area contributed by atoms with Crippen LogP contribution in [0.15, 0.2) is 0 Å². The van der Waals surface area contributed by atoms with E-state index in [-0.39, 0.29) is 11.8 Å². The van der Waals surface area contributed by atoms with E-state index in [2.05, 4.69) is 10.6 Å². The Hall–Kier alpha value is -2.24. The molecule has 5 atom stereocenters. The van der Waals surface area contributed by atoms with Gasteiger partial charge in [0.25, 0.3) is 0 Å². The van der Waals surface area contributed by atoms with Crippen LogP contribution in [0, 0.1) is 11.8 Å². The number of carboxylic acids is 1. The number of hydrogen-bond donors (Lipinski definition) is 7. The number of aliphatic hydroxyl groups is 2. The topological polar surface area (TPSA) is 191 Å². The average molecular weight is 418 g/mol. The number of aliphatic hydroxyl groups excluding tert-OH is 2. The normalized spacial score (nSPS) is 16.5. The molecule has 168 valence electrons. The molecule has 0 aliphatic heterocycles. The molecule has 0 aromatic rings. The van der Waals surface area contributed by atoms with Crippen LogP contribution in [0.5, 0.6) is 0 Å². The number of carboxylic acid groups (broad SMARTS) is 1. The van der Waals surface area contributed by atoms with Gasteiger partial charge in [-0.2, -0.15) is 0 Å². The van der Waals surface area contributed by atoms with E-state index in [9.17, 15) is 24.3 Å². The molecule has 0 saturated heterocycles. The van der Waals surface area contributed by atoms with Gasteiger partial charge in [0.2, 0.25) is 17.7 Å². The van der Waals surface area contributed by atoms with E-state index in [1.807, 2.05) is 19.2 Å². The van der Waals surface area contributed by atoms with Crippen molar-refractivity contribution in [3.63, 3.8) is 0 Å². The summed E-state index contributed by atoms with van der Waals surface area (Å²) >= 11 is 0. The van der Waals surface area contributed by atoms with Gasteiger partial charge >= 0.3 is 5.97 Å². The highest BCUT2D eigenvalue weighted by atomic mass is 16.4. The largest absolute Gasteiger partial charge is 0.480 e. The molecular weight excluding hydrogens is 384 g/mol. The summed E-state index contributed by atoms with van der Waals surface area (Å²) in [5.41, 5.74) is 5.84. The number of rotatable bonds is 12. The van der Waals surface area contributed by atoms with Crippen LogP contribution in [-0.2, 0) is 19.2 Å². The third-order valence-electron chi connectivity index (χ3n) is 4.17. The maximum Gasteiger partial charge on any atom is 0.328 e. The smallest absolute Gasteiger partial charge is 0.328 e. The molecular formula is C18H34N4O7. The fourth-order valence-corrected chi connectivity index (χ4v) is 2.51. The minimum absolute atomic E-state index is 0.180. The van der Waals surface area contributed by atoms with Crippen LogP contribution in [0.25, 0.3) is 0 Å². The highest BCUT2D eigenvalue weighted by Crippen LogP contribution is 2.07. The average Bonchev–Trinajstić information content (AvgIpc) is 2.59. The monoisotopic (exact) mass is 418 g/mol. The number of carbonyl (C=O) groups is 4. The lowest BCUT2D eigenvalue weighted by atomic mass is 10.00. The number of aliphatic carboxylic acids is 1. The van der Waals surface area contributed by atoms with Gasteiger partial charge in [-0.3, -0.25) is 14.4 Å². The van der Waals surface area contributed by atoms with Crippen LogP contribution >= 0.6 is 0 Å². The van der Waals surface area contributed by atoms with Gasteiger partial charge in [0, 0.05) is 0 Å². The standard InChI is InChI=1S/C18H34N4O7/c1-8(2)6-11(19)15(25)21-13(9(3)4)16(26)22-14(10(5)24)17(27)20-12(7-23)18(28)29/h8-14,23-24H,6-7,19H2,1-5H3,(H,20,27)(H,21,25)(H,22,26)(H,28,29). The summed E-state index contributed by atoms with van der Waals surface area (Å²) in [6.45, 7) is 7.55. The highest BCUT2D eigenvalue weighted by Gasteiger charge is 2.33. The van der Waals surface area contributed by atoms with E-state index < -0.39 is 60.6 Å². The lowest BCUT2D eigenvalue weighted by molar-refractivity contribution is -0.144. The molecule has 0 aromatic carbocycles. The predicted molar refractivity (Wildman–Crippen MR) is 104 cm³/mol. The van der Waals surface area contributed by atoms with E-state index in [0.717, 1.165) is 0 Å². The Morgan fingerprint density at radius 2 is 1.34 bits per heavy atom. The van der Waals surface area contributed by atoms with Gasteiger partial charge in [0.15, 0.2) is 0 Å². The Bertz CT molecular complexity index is 581. The molecule has 11 nitrogen and oxygen atoms in total. The molecule has 0 aromatic heterocycles. The van der Waals surface area contributed by atoms with E-state index in [1.54, 1.807) is 13.8 Å². The second kappa shape index (κ2) is 12.3. The number of amides is 3. The quantitative estimate of drug-likeness (QED) is 0.188. The van der Waals surface area contributed by atoms with Crippen LogP contribution in [0.2, 0.25) is 0 Å². The van der Waals surface area contributed by atoms with Gasteiger partial charge in [-0.05, 0) is 25.2 Å². The lowest BCUT2D eigenvalue weighted by Crippen LogP contribution is -2.61. The van der Waals surface area contributed by atoms with Gasteiger partial charge in [0.05, 0.1) is 18.8 Å². The highest BCUT2D eigenvalue weighted by molar-refractivity contribution is 5.94. The molecule has 3 amide bonds. The Morgan fingerprint density at radius 3 is 1.72 bits per heavy atom. The lowest BCUT2D eigenvalue weighted by Gasteiger charge is -2.28. The van der Waals surface area contributed by atoms with Gasteiger partial charge in [0.1, 0.15) is 18.1 Å². The third-order valence-corrected chi connectivity index (χ3v) is 4.17. The van der Waals surface area contributed by atoms with Crippen molar-refractivity contribution in [1.82, 2.24) is 16.0 Å². The Morgan fingerprint density at radius 1 is 0.862 bits per heavy atom. The van der Waals surface area contributed by atoms with Crippen molar-refractivity contribution in [3.05, 3.63) is 0 Å². The van der Waals surface area contributed by atoms with Crippen LogP contribution in [0.4, 0.5) is 0 Å². The summed E-state index contributed by atoms with van der Waals surface area (Å²) in [6.07, 6.45) is -0.937. The van der Waals surface area contributed by atoms with Crippen molar-refractivity contribution in [2.24, 2.45) is 17.6 Å². The first-order chi connectivity index (χ1) is 13.3. The SMILES string of the molecule is CC(C)CC(N)C(=O)NC(C(=O)NC(C(=O)NC(CO)C(=O)O)C(C)O)C(C)C. The van der Waals surface area contributed by atoms with Gasteiger partial charge in [-0.25, -0.2) is 4.79 Å². The summed E-state index contributed by atoms with van der Waals surface area (Å²) in [6, 6.07) is -4.91. The summed E-state index contributed by atoms with van der Waals surface area (Å²) in [4.78, 5) is 48.1. The molecule has 8 N–H and O–H groups in total. The van der Waals surface area contributed by atoms with Gasteiger partial charge < -0.3 is 37.0 Å². The molecule has 0 aliphatic rings. The molecule has 0 rings (SSSR count). The maximum atomic E-state index is 12.7. The van der Waals surface area contributed by atoms with Crippen molar-refractivity contribution in [2.75, 3.05) is 6.61 Å². The molecule has 0 aliphatic carbocycles. The van der Waals surface area contributed by atoms with E-state index in [4.69, 9.17) is 15.9 Å². The predicted octanol–water partition coefficient (Wildman–Crippen LogP) is -2.07. The maximum absolute atomic E-state index is 12.7. The number of nitrogens with two attached hydrogens (primary N) is 1. The Balaban J connectivity index is 5.25.